The van der Waals surface area contributed by atoms with Crippen LogP contribution in [0.5, 0.6) is 0 Å². The number of nitrogens with two attached hydrogens (primary N) is 1. The summed E-state index contributed by atoms with van der Waals surface area (Å²) in [6, 6.07) is 0. The molecule has 1 rings (SSSR count). The van der Waals surface area contributed by atoms with Gasteiger partial charge in [0.2, 0.25) is 0 Å². The Hall–Kier alpha value is -0.670. The van der Waals surface area contributed by atoms with Gasteiger partial charge in [0.25, 0.3) is 0 Å². The zero-order valence-electron chi connectivity index (χ0n) is 4.74. The molecule has 0 bridgehead atoms. The molecule has 0 amide bonds. The van der Waals surface area contributed by atoms with E-state index in [0.29, 0.717) is 12.3 Å². The van der Waals surface area contributed by atoms with Crippen LogP contribution in [0.3, 0.4) is 0 Å². The van der Waals surface area contributed by atoms with E-state index in [9.17, 15) is 0 Å². The highest BCUT2D eigenvalue weighted by Crippen LogP contribution is 2.01. The number of allylic oxidation sites excluding steroid dienone is 2. The predicted octanol–water partition coefficient (Wildman–Crippen LogP) is 0.726. The normalized spacial score (nSPS) is 14.6. The third-order valence-electron chi connectivity index (χ3n) is 0.773. The molecule has 1 aliphatic rings. The average molecular weight is 150 g/mol. The third-order valence-corrected chi connectivity index (χ3v) is 0.773. The van der Waals surface area contributed by atoms with Crippen LogP contribution in [0.1, 0.15) is 0 Å². The van der Waals surface area contributed by atoms with Crippen LogP contribution < -0.4 is 5.73 Å². The molecule has 52 valence electrons. The van der Waals surface area contributed by atoms with Crippen LogP contribution in [0, 0.1) is 0 Å². The van der Waals surface area contributed by atoms with Gasteiger partial charge in [0.05, 0.1) is 6.54 Å². The van der Waals surface area contributed by atoms with Gasteiger partial charge in [-0.1, -0.05) is 0 Å². The van der Waals surface area contributed by atoms with Crippen molar-refractivity contribution < 1.29 is 9.78 Å². The summed E-state index contributed by atoms with van der Waals surface area (Å²) in [6.45, 7) is 0.379. The van der Waals surface area contributed by atoms with Crippen LogP contribution >= 0.6 is 12.4 Å². The SMILES string of the molecule is Cl.NCC1=CC=COO1. The van der Waals surface area contributed by atoms with E-state index >= 15 is 0 Å². The van der Waals surface area contributed by atoms with Gasteiger partial charge in [0, 0.05) is 0 Å². The first-order valence-corrected chi connectivity index (χ1v) is 2.32. The largest absolute Gasteiger partial charge is 0.324 e. The zero-order valence-corrected chi connectivity index (χ0v) is 5.56. The molecule has 1 heterocycles. The maximum Gasteiger partial charge on any atom is 0.169 e. The molecule has 0 aliphatic carbocycles. The first-order valence-electron chi connectivity index (χ1n) is 2.32. The first kappa shape index (κ1) is 8.33. The van der Waals surface area contributed by atoms with E-state index in [4.69, 9.17) is 5.73 Å². The van der Waals surface area contributed by atoms with Gasteiger partial charge in [-0.05, 0) is 12.2 Å². The maximum atomic E-state index is 5.20. The lowest BCUT2D eigenvalue weighted by atomic mass is 10.4. The predicted molar refractivity (Wildman–Crippen MR) is 35.7 cm³/mol. The van der Waals surface area contributed by atoms with Crippen molar-refractivity contribution in [3.63, 3.8) is 0 Å². The molecule has 2 N–H and O–H groups in total. The Labute approximate surface area is 59.5 Å². The van der Waals surface area contributed by atoms with Gasteiger partial charge >= 0.3 is 0 Å². The van der Waals surface area contributed by atoms with E-state index in [0.717, 1.165) is 0 Å². The van der Waals surface area contributed by atoms with E-state index < -0.39 is 0 Å². The highest BCUT2D eigenvalue weighted by atomic mass is 35.5. The molecule has 4 heteroatoms. The minimum absolute atomic E-state index is 0. The van der Waals surface area contributed by atoms with Crippen molar-refractivity contribution in [3.05, 3.63) is 24.2 Å². The standard InChI is InChI=1S/C5H7NO2.ClH/c6-4-5-2-1-3-7-8-5;/h1-3H,4,6H2;1H. The average Bonchev–Trinajstić information content (AvgIpc) is 1.90. The number of rotatable bonds is 1. The lowest BCUT2D eigenvalue weighted by molar-refractivity contribution is -0.214. The van der Waals surface area contributed by atoms with E-state index in [1.165, 1.54) is 6.26 Å². The summed E-state index contributed by atoms with van der Waals surface area (Å²) in [6.07, 6.45) is 4.92. The van der Waals surface area contributed by atoms with Gasteiger partial charge in [-0.3, -0.25) is 9.78 Å². The molecular formula is C5H8ClNO2. The smallest absolute Gasteiger partial charge is 0.169 e. The Morgan fingerprint density at radius 3 is 2.67 bits per heavy atom. The van der Waals surface area contributed by atoms with Gasteiger partial charge in [-0.25, -0.2) is 0 Å². The number of hydrogen-bond acceptors (Lipinski definition) is 3. The molecule has 0 aromatic carbocycles. The fourth-order valence-electron chi connectivity index (χ4n) is 0.398. The molecule has 0 saturated carbocycles. The van der Waals surface area contributed by atoms with Gasteiger partial charge in [-0.15, -0.1) is 12.4 Å². The topological polar surface area (TPSA) is 44.5 Å². The second kappa shape index (κ2) is 4.23. The Morgan fingerprint density at radius 2 is 2.33 bits per heavy atom. The van der Waals surface area contributed by atoms with Crippen LogP contribution in [-0.4, -0.2) is 6.54 Å². The molecule has 0 radical (unpaired) electrons. The van der Waals surface area contributed by atoms with Gasteiger partial charge < -0.3 is 5.73 Å². The van der Waals surface area contributed by atoms with Crippen molar-refractivity contribution in [1.29, 1.82) is 0 Å². The van der Waals surface area contributed by atoms with Crippen molar-refractivity contribution >= 4 is 12.4 Å². The summed E-state index contributed by atoms with van der Waals surface area (Å²) in [5.41, 5.74) is 5.20. The summed E-state index contributed by atoms with van der Waals surface area (Å²) in [5, 5.41) is 0. The molecule has 1 aliphatic heterocycles. The van der Waals surface area contributed by atoms with Crippen molar-refractivity contribution in [1.82, 2.24) is 0 Å². The quantitative estimate of drug-likeness (QED) is 0.559. The minimum atomic E-state index is 0. The van der Waals surface area contributed by atoms with Crippen LogP contribution in [-0.2, 0) is 9.78 Å². The molecule has 0 fully saturated rings. The van der Waals surface area contributed by atoms with Crippen molar-refractivity contribution in [2.45, 2.75) is 0 Å². The molecule has 9 heavy (non-hydrogen) atoms. The Balaban J connectivity index is 0.000000640. The second-order valence-corrected chi connectivity index (χ2v) is 1.35. The summed E-state index contributed by atoms with van der Waals surface area (Å²) in [7, 11) is 0. The lowest BCUT2D eigenvalue weighted by Crippen LogP contribution is -2.06. The highest BCUT2D eigenvalue weighted by molar-refractivity contribution is 5.85. The van der Waals surface area contributed by atoms with Crippen LogP contribution in [0.25, 0.3) is 0 Å². The summed E-state index contributed by atoms with van der Waals surface area (Å²) < 4.78 is 0. The summed E-state index contributed by atoms with van der Waals surface area (Å²) in [5.74, 6) is 0.646. The Morgan fingerprint density at radius 1 is 1.56 bits per heavy atom. The Bertz CT molecular complexity index is 133. The van der Waals surface area contributed by atoms with Crippen LogP contribution in [0.2, 0.25) is 0 Å². The highest BCUT2D eigenvalue weighted by Gasteiger charge is 1.95. The summed E-state index contributed by atoms with van der Waals surface area (Å²) >= 11 is 0. The zero-order chi connectivity index (χ0) is 5.82. The van der Waals surface area contributed by atoms with E-state index in [-0.39, 0.29) is 12.4 Å². The molecule has 0 saturated heterocycles. The molecule has 0 unspecified atom stereocenters. The fraction of sp³-hybridized carbons (Fsp3) is 0.200. The van der Waals surface area contributed by atoms with Gasteiger partial charge in [-0.2, -0.15) is 0 Å². The van der Waals surface area contributed by atoms with Crippen molar-refractivity contribution in [3.8, 4) is 0 Å². The second-order valence-electron chi connectivity index (χ2n) is 1.35. The first-order chi connectivity index (χ1) is 3.93. The maximum absolute atomic E-state index is 5.20. The third kappa shape index (κ3) is 2.39. The Kier molecular flexibility index (Phi) is 3.92. The van der Waals surface area contributed by atoms with E-state index in [1.54, 1.807) is 12.2 Å². The molecular weight excluding hydrogens is 142 g/mol. The van der Waals surface area contributed by atoms with Crippen molar-refractivity contribution in [2.24, 2.45) is 5.73 Å². The fourth-order valence-corrected chi connectivity index (χ4v) is 0.398. The van der Waals surface area contributed by atoms with Crippen molar-refractivity contribution in [2.75, 3.05) is 6.54 Å². The number of hydrogen-bond donors (Lipinski definition) is 1. The summed E-state index contributed by atoms with van der Waals surface area (Å²) in [4.78, 5) is 9.02. The van der Waals surface area contributed by atoms with E-state index in [1.807, 2.05) is 0 Å². The molecule has 0 aromatic rings. The number of halogens is 1. The van der Waals surface area contributed by atoms with Crippen LogP contribution in [0.15, 0.2) is 24.2 Å². The van der Waals surface area contributed by atoms with Gasteiger partial charge in [0.1, 0.15) is 6.26 Å². The molecule has 0 spiro atoms. The minimum Gasteiger partial charge on any atom is -0.324 e. The van der Waals surface area contributed by atoms with Gasteiger partial charge in [0.15, 0.2) is 5.76 Å². The lowest BCUT2D eigenvalue weighted by Gasteiger charge is -2.05. The molecule has 3 nitrogen and oxygen atoms in total. The monoisotopic (exact) mass is 149 g/mol. The van der Waals surface area contributed by atoms with Crippen LogP contribution in [0.4, 0.5) is 0 Å². The molecule has 0 aromatic heterocycles. The molecule has 0 atom stereocenters. The van der Waals surface area contributed by atoms with E-state index in [2.05, 4.69) is 9.78 Å².